The highest BCUT2D eigenvalue weighted by Crippen LogP contribution is 2.27. The third-order valence-electron chi connectivity index (χ3n) is 2.93. The van der Waals surface area contributed by atoms with Crippen molar-refractivity contribution in [3.8, 4) is 0 Å². The van der Waals surface area contributed by atoms with Gasteiger partial charge in [0.15, 0.2) is 5.78 Å². The largest absolute Gasteiger partial charge is 0.295 e. The van der Waals surface area contributed by atoms with Crippen molar-refractivity contribution in [2.75, 3.05) is 0 Å². The summed E-state index contributed by atoms with van der Waals surface area (Å²) in [5.41, 5.74) is 2.47. The molecule has 0 aliphatic heterocycles. The van der Waals surface area contributed by atoms with Crippen LogP contribution in [-0.4, -0.2) is 10.6 Å². The highest BCUT2D eigenvalue weighted by atomic mass is 79.9. The zero-order valence-corrected chi connectivity index (χ0v) is 10.7. The Hall–Kier alpha value is -0.110. The lowest BCUT2D eigenvalue weighted by Gasteiger charge is -2.04. The quantitative estimate of drug-likeness (QED) is 0.538. The zero-order chi connectivity index (χ0) is 10.6. The third kappa shape index (κ3) is 3.56. The Labute approximate surface area is 95.1 Å². The average molecular weight is 259 g/mol. The van der Waals surface area contributed by atoms with E-state index in [1.165, 1.54) is 24.8 Å². The number of hydrogen-bond acceptors (Lipinski definition) is 1. The minimum atomic E-state index is 0.369. The van der Waals surface area contributed by atoms with Crippen LogP contribution in [0.3, 0.4) is 0 Å². The molecule has 0 spiro atoms. The number of ketones is 1. The molecular formula is C12H19BrO. The smallest absolute Gasteiger partial charge is 0.158 e. The lowest BCUT2D eigenvalue weighted by atomic mass is 10.0. The molecule has 0 N–H and O–H groups in total. The molecule has 0 radical (unpaired) electrons. The number of allylic oxidation sites excluding steroid dienone is 2. The molecule has 0 aromatic heterocycles. The molecule has 1 rings (SSSR count). The number of unbranched alkanes of at least 4 members (excludes halogenated alkanes) is 1. The number of alkyl halides is 1. The van der Waals surface area contributed by atoms with E-state index in [4.69, 9.17) is 0 Å². The van der Waals surface area contributed by atoms with E-state index in [1.807, 2.05) is 6.92 Å². The van der Waals surface area contributed by atoms with E-state index in [0.29, 0.717) is 10.6 Å². The highest BCUT2D eigenvalue weighted by molar-refractivity contribution is 9.09. The monoisotopic (exact) mass is 258 g/mol. The molecule has 0 bridgehead atoms. The van der Waals surface area contributed by atoms with E-state index >= 15 is 0 Å². The molecule has 1 aliphatic rings. The van der Waals surface area contributed by atoms with Gasteiger partial charge in [-0.15, -0.1) is 0 Å². The Balaban J connectivity index is 2.22. The summed E-state index contributed by atoms with van der Waals surface area (Å²) >= 11 is 3.54. The summed E-state index contributed by atoms with van der Waals surface area (Å²) in [5.74, 6) is 0.369. The first kappa shape index (κ1) is 12.0. The van der Waals surface area contributed by atoms with Gasteiger partial charge in [0.1, 0.15) is 0 Å². The van der Waals surface area contributed by atoms with Crippen molar-refractivity contribution in [3.63, 3.8) is 0 Å². The number of carbonyl (C=O) groups is 1. The molecule has 0 heterocycles. The lowest BCUT2D eigenvalue weighted by Crippen LogP contribution is -1.92. The van der Waals surface area contributed by atoms with Crippen molar-refractivity contribution in [2.24, 2.45) is 0 Å². The molecule has 0 aromatic rings. The number of carbonyl (C=O) groups excluding carboxylic acids is 1. The molecule has 1 nitrogen and oxygen atoms in total. The second-order valence-corrected chi connectivity index (χ2v) is 5.74. The van der Waals surface area contributed by atoms with Crippen LogP contribution in [0.1, 0.15) is 52.4 Å². The number of Topliss-reactive ketones (excluding diaryl/α,β-unsaturated/α-hetero) is 1. The molecule has 14 heavy (non-hydrogen) atoms. The van der Waals surface area contributed by atoms with E-state index in [9.17, 15) is 4.79 Å². The van der Waals surface area contributed by atoms with E-state index in [-0.39, 0.29) is 0 Å². The molecule has 1 atom stereocenters. The van der Waals surface area contributed by atoms with Gasteiger partial charge in [0.25, 0.3) is 0 Å². The second kappa shape index (κ2) is 5.69. The molecule has 1 unspecified atom stereocenters. The zero-order valence-electron chi connectivity index (χ0n) is 9.11. The van der Waals surface area contributed by atoms with Crippen molar-refractivity contribution in [3.05, 3.63) is 11.1 Å². The van der Waals surface area contributed by atoms with Crippen molar-refractivity contribution < 1.29 is 4.79 Å². The lowest BCUT2D eigenvalue weighted by molar-refractivity contribution is -0.114. The van der Waals surface area contributed by atoms with Gasteiger partial charge in [0, 0.05) is 11.2 Å². The van der Waals surface area contributed by atoms with Crippen molar-refractivity contribution >= 4 is 21.7 Å². The Morgan fingerprint density at radius 3 is 2.57 bits per heavy atom. The molecule has 0 aromatic carbocycles. The standard InChI is InChI=1S/C12H19BrO/c1-9(13)5-3-4-6-11-7-8-12(14)10(11)2/h9H,3-8H2,1-2H3. The third-order valence-corrected chi connectivity index (χ3v) is 3.39. The van der Waals surface area contributed by atoms with Gasteiger partial charge < -0.3 is 0 Å². The van der Waals surface area contributed by atoms with Crippen LogP contribution in [0.2, 0.25) is 0 Å². The maximum absolute atomic E-state index is 11.3. The average Bonchev–Trinajstić information content (AvgIpc) is 2.43. The van der Waals surface area contributed by atoms with E-state index in [2.05, 4.69) is 22.9 Å². The molecular weight excluding hydrogens is 240 g/mol. The first-order valence-electron chi connectivity index (χ1n) is 5.47. The highest BCUT2D eigenvalue weighted by Gasteiger charge is 2.17. The Kier molecular flexibility index (Phi) is 4.86. The van der Waals surface area contributed by atoms with Crippen LogP contribution in [-0.2, 0) is 4.79 Å². The minimum Gasteiger partial charge on any atom is -0.295 e. The first-order chi connectivity index (χ1) is 6.61. The summed E-state index contributed by atoms with van der Waals surface area (Å²) in [4.78, 5) is 11.9. The predicted octanol–water partition coefficient (Wildman–Crippen LogP) is 4.01. The van der Waals surface area contributed by atoms with Gasteiger partial charge in [-0.3, -0.25) is 4.79 Å². The summed E-state index contributed by atoms with van der Waals surface area (Å²) in [6.07, 6.45) is 6.65. The van der Waals surface area contributed by atoms with Crippen LogP contribution in [0, 0.1) is 0 Å². The molecule has 80 valence electrons. The van der Waals surface area contributed by atoms with Gasteiger partial charge in [0.05, 0.1) is 0 Å². The van der Waals surface area contributed by atoms with Gasteiger partial charge in [-0.25, -0.2) is 0 Å². The summed E-state index contributed by atoms with van der Waals surface area (Å²) in [7, 11) is 0. The number of rotatable bonds is 5. The number of halogens is 1. The summed E-state index contributed by atoms with van der Waals surface area (Å²) in [6, 6.07) is 0. The van der Waals surface area contributed by atoms with Gasteiger partial charge in [-0.1, -0.05) is 34.8 Å². The summed E-state index contributed by atoms with van der Waals surface area (Å²) in [5, 5.41) is 0. The minimum absolute atomic E-state index is 0.369. The van der Waals surface area contributed by atoms with Crippen molar-refractivity contribution in [2.45, 2.75) is 57.2 Å². The fourth-order valence-electron chi connectivity index (χ4n) is 1.91. The van der Waals surface area contributed by atoms with Gasteiger partial charge >= 0.3 is 0 Å². The van der Waals surface area contributed by atoms with Gasteiger partial charge in [0.2, 0.25) is 0 Å². The van der Waals surface area contributed by atoms with Crippen LogP contribution in [0.4, 0.5) is 0 Å². The number of hydrogen-bond donors (Lipinski definition) is 0. The maximum Gasteiger partial charge on any atom is 0.158 e. The fraction of sp³-hybridized carbons (Fsp3) is 0.750. The van der Waals surface area contributed by atoms with Crippen LogP contribution >= 0.6 is 15.9 Å². The molecule has 1 aliphatic carbocycles. The van der Waals surface area contributed by atoms with Crippen LogP contribution in [0.15, 0.2) is 11.1 Å². The predicted molar refractivity (Wildman–Crippen MR) is 63.8 cm³/mol. The van der Waals surface area contributed by atoms with E-state index in [1.54, 1.807) is 0 Å². The first-order valence-corrected chi connectivity index (χ1v) is 6.38. The van der Waals surface area contributed by atoms with E-state index in [0.717, 1.165) is 24.8 Å². The van der Waals surface area contributed by atoms with Crippen LogP contribution < -0.4 is 0 Å². The molecule has 0 saturated heterocycles. The molecule has 2 heteroatoms. The Morgan fingerprint density at radius 1 is 1.36 bits per heavy atom. The molecule has 0 saturated carbocycles. The Morgan fingerprint density at radius 2 is 2.07 bits per heavy atom. The SMILES string of the molecule is CC1=C(CCCCC(C)Br)CCC1=O. The van der Waals surface area contributed by atoms with E-state index < -0.39 is 0 Å². The maximum atomic E-state index is 11.3. The van der Waals surface area contributed by atoms with Crippen molar-refractivity contribution in [1.29, 1.82) is 0 Å². The van der Waals surface area contributed by atoms with Crippen LogP contribution in [0.5, 0.6) is 0 Å². The topological polar surface area (TPSA) is 17.1 Å². The normalized spacial score (nSPS) is 19.2. The van der Waals surface area contributed by atoms with Gasteiger partial charge in [-0.2, -0.15) is 0 Å². The second-order valence-electron chi connectivity index (χ2n) is 4.18. The molecule has 0 amide bonds. The molecule has 0 fully saturated rings. The summed E-state index contributed by atoms with van der Waals surface area (Å²) < 4.78 is 0. The van der Waals surface area contributed by atoms with Crippen LogP contribution in [0.25, 0.3) is 0 Å². The fourth-order valence-corrected chi connectivity index (χ4v) is 2.24. The summed E-state index contributed by atoms with van der Waals surface area (Å²) in [6.45, 7) is 4.17. The Bertz CT molecular complexity index is 241. The van der Waals surface area contributed by atoms with Crippen molar-refractivity contribution in [1.82, 2.24) is 0 Å². The van der Waals surface area contributed by atoms with Gasteiger partial charge in [-0.05, 0) is 38.2 Å².